The minimum Gasteiger partial charge on any atom is -0.385 e. The molecule has 22 heavy (non-hydrogen) atoms. The van der Waals surface area contributed by atoms with Crippen molar-refractivity contribution in [2.45, 2.75) is 13.0 Å². The van der Waals surface area contributed by atoms with Crippen LogP contribution in [0.1, 0.15) is 6.42 Å². The van der Waals surface area contributed by atoms with Crippen LogP contribution in [0.25, 0.3) is 11.4 Å². The second-order valence-electron chi connectivity index (χ2n) is 4.72. The van der Waals surface area contributed by atoms with Gasteiger partial charge in [-0.05, 0) is 6.42 Å². The Morgan fingerprint density at radius 2 is 2.09 bits per heavy atom. The molecule has 0 saturated carbocycles. The zero-order chi connectivity index (χ0) is 15.2. The van der Waals surface area contributed by atoms with Gasteiger partial charge in [-0.3, -0.25) is 4.68 Å². The highest BCUT2D eigenvalue weighted by Gasteiger charge is 2.07. The van der Waals surface area contributed by atoms with Crippen LogP contribution in [0, 0.1) is 0 Å². The van der Waals surface area contributed by atoms with Gasteiger partial charge in [0, 0.05) is 49.6 Å². The van der Waals surface area contributed by atoms with Crippen LogP contribution in [0.5, 0.6) is 0 Å². The minimum atomic E-state index is 0.729. The Balaban J connectivity index is 1.63. The molecule has 0 spiro atoms. The van der Waals surface area contributed by atoms with E-state index in [1.165, 1.54) is 11.5 Å². The first kappa shape index (κ1) is 14.7. The second-order valence-corrected chi connectivity index (χ2v) is 5.48. The van der Waals surface area contributed by atoms with Gasteiger partial charge in [0.1, 0.15) is 0 Å². The fraction of sp³-hybridized carbons (Fsp3) is 0.267. The molecule has 7 heteroatoms. The Morgan fingerprint density at radius 1 is 1.23 bits per heavy atom. The van der Waals surface area contributed by atoms with Crippen molar-refractivity contribution in [2.75, 3.05) is 19.0 Å². The van der Waals surface area contributed by atoms with Gasteiger partial charge in [0.25, 0.3) is 0 Å². The predicted molar refractivity (Wildman–Crippen MR) is 87.3 cm³/mol. The highest BCUT2D eigenvalue weighted by molar-refractivity contribution is 7.09. The molecule has 0 amide bonds. The van der Waals surface area contributed by atoms with Crippen LogP contribution in [-0.2, 0) is 11.3 Å². The van der Waals surface area contributed by atoms with Crippen molar-refractivity contribution in [3.05, 3.63) is 42.6 Å². The fourth-order valence-corrected chi connectivity index (χ4v) is 2.61. The van der Waals surface area contributed by atoms with Gasteiger partial charge in [-0.15, -0.1) is 0 Å². The van der Waals surface area contributed by atoms with Crippen LogP contribution in [0.4, 0.5) is 10.9 Å². The third-order valence-electron chi connectivity index (χ3n) is 3.07. The van der Waals surface area contributed by atoms with Crippen molar-refractivity contribution in [1.82, 2.24) is 19.1 Å². The number of nitrogens with zero attached hydrogens (tertiary/aromatic N) is 4. The lowest BCUT2D eigenvalue weighted by Crippen LogP contribution is -2.02. The number of anilines is 2. The summed E-state index contributed by atoms with van der Waals surface area (Å²) in [6, 6.07) is 11.9. The van der Waals surface area contributed by atoms with Crippen LogP contribution in [0.3, 0.4) is 0 Å². The standard InChI is InChI=1S/C15H17N5OS/c1-21-11-5-9-20-10-8-13(18-20)16-15-17-14(19-22-15)12-6-3-2-4-7-12/h2-4,6-8,10H,5,9,11H2,1H3,(H,16,17,18,19). The SMILES string of the molecule is COCCCn1ccc(Nc2nc(-c3ccccc3)ns2)n1. The summed E-state index contributed by atoms with van der Waals surface area (Å²) in [5.41, 5.74) is 1.01. The van der Waals surface area contributed by atoms with Crippen LogP contribution in [0.15, 0.2) is 42.6 Å². The van der Waals surface area contributed by atoms with E-state index in [1.807, 2.05) is 47.3 Å². The number of ether oxygens (including phenoxy) is 1. The first-order valence-corrected chi connectivity index (χ1v) is 7.81. The number of methoxy groups -OCH3 is 1. The Hall–Kier alpha value is -2.25. The molecule has 2 heterocycles. The van der Waals surface area contributed by atoms with Gasteiger partial charge in [0.15, 0.2) is 11.6 Å². The third kappa shape index (κ3) is 3.69. The van der Waals surface area contributed by atoms with E-state index >= 15 is 0 Å². The molecule has 1 N–H and O–H groups in total. The molecular formula is C15H17N5OS. The lowest BCUT2D eigenvalue weighted by Gasteiger charge is -2.00. The molecule has 3 aromatic rings. The average Bonchev–Trinajstić information content (AvgIpc) is 3.19. The summed E-state index contributed by atoms with van der Waals surface area (Å²) in [5.74, 6) is 1.50. The van der Waals surface area contributed by atoms with E-state index in [0.717, 1.165) is 41.9 Å². The van der Waals surface area contributed by atoms with E-state index in [1.54, 1.807) is 7.11 Å². The molecule has 3 rings (SSSR count). The summed E-state index contributed by atoms with van der Waals surface area (Å²) in [6.07, 6.45) is 2.88. The maximum absolute atomic E-state index is 5.04. The quantitative estimate of drug-likeness (QED) is 0.678. The molecule has 0 atom stereocenters. The summed E-state index contributed by atoms with van der Waals surface area (Å²) in [4.78, 5) is 4.49. The van der Waals surface area contributed by atoms with E-state index in [-0.39, 0.29) is 0 Å². The molecule has 0 radical (unpaired) electrons. The van der Waals surface area contributed by atoms with Crippen molar-refractivity contribution in [1.29, 1.82) is 0 Å². The molecule has 6 nitrogen and oxygen atoms in total. The Bertz CT molecular complexity index is 710. The number of aromatic nitrogens is 4. The van der Waals surface area contributed by atoms with E-state index in [9.17, 15) is 0 Å². The number of aryl methyl sites for hydroxylation is 1. The van der Waals surface area contributed by atoms with Crippen molar-refractivity contribution < 1.29 is 4.74 Å². The normalized spacial score (nSPS) is 10.8. The van der Waals surface area contributed by atoms with Crippen molar-refractivity contribution >= 4 is 22.5 Å². The van der Waals surface area contributed by atoms with Gasteiger partial charge >= 0.3 is 0 Å². The molecular weight excluding hydrogens is 298 g/mol. The van der Waals surface area contributed by atoms with E-state index < -0.39 is 0 Å². The van der Waals surface area contributed by atoms with Crippen LogP contribution < -0.4 is 5.32 Å². The monoisotopic (exact) mass is 315 g/mol. The zero-order valence-electron chi connectivity index (χ0n) is 12.3. The van der Waals surface area contributed by atoms with Gasteiger partial charge in [-0.1, -0.05) is 30.3 Å². The lowest BCUT2D eigenvalue weighted by molar-refractivity contribution is 0.189. The van der Waals surface area contributed by atoms with Gasteiger partial charge in [0.2, 0.25) is 5.13 Å². The number of benzene rings is 1. The summed E-state index contributed by atoms with van der Waals surface area (Å²) in [6.45, 7) is 1.57. The fourth-order valence-electron chi connectivity index (χ4n) is 2.01. The Kier molecular flexibility index (Phi) is 4.77. The van der Waals surface area contributed by atoms with Gasteiger partial charge < -0.3 is 10.1 Å². The maximum atomic E-state index is 5.04. The average molecular weight is 315 g/mol. The summed E-state index contributed by atoms with van der Waals surface area (Å²) in [7, 11) is 1.70. The van der Waals surface area contributed by atoms with E-state index in [4.69, 9.17) is 4.74 Å². The topological polar surface area (TPSA) is 64.9 Å². The molecule has 2 aromatic heterocycles. The molecule has 0 saturated heterocycles. The smallest absolute Gasteiger partial charge is 0.208 e. The molecule has 0 unspecified atom stereocenters. The van der Waals surface area contributed by atoms with Crippen molar-refractivity contribution in [2.24, 2.45) is 0 Å². The number of nitrogens with one attached hydrogen (secondary N) is 1. The Morgan fingerprint density at radius 3 is 2.91 bits per heavy atom. The largest absolute Gasteiger partial charge is 0.385 e. The van der Waals surface area contributed by atoms with Crippen LogP contribution in [-0.4, -0.2) is 32.9 Å². The summed E-state index contributed by atoms with van der Waals surface area (Å²) in [5, 5.41) is 8.37. The van der Waals surface area contributed by atoms with Gasteiger partial charge in [-0.2, -0.15) is 14.5 Å². The number of hydrogen-bond donors (Lipinski definition) is 1. The van der Waals surface area contributed by atoms with Gasteiger partial charge in [0.05, 0.1) is 0 Å². The maximum Gasteiger partial charge on any atom is 0.208 e. The van der Waals surface area contributed by atoms with Gasteiger partial charge in [-0.25, -0.2) is 0 Å². The first-order chi connectivity index (χ1) is 10.8. The van der Waals surface area contributed by atoms with E-state index in [2.05, 4.69) is 19.8 Å². The molecule has 1 aromatic carbocycles. The molecule has 0 bridgehead atoms. The molecule has 114 valence electrons. The lowest BCUT2D eigenvalue weighted by atomic mass is 10.2. The number of rotatable bonds is 7. The molecule has 0 fully saturated rings. The molecule has 0 aliphatic rings. The highest BCUT2D eigenvalue weighted by Crippen LogP contribution is 2.22. The number of hydrogen-bond acceptors (Lipinski definition) is 6. The molecule has 0 aliphatic heterocycles. The van der Waals surface area contributed by atoms with Crippen molar-refractivity contribution in [3.8, 4) is 11.4 Å². The predicted octanol–water partition coefficient (Wildman–Crippen LogP) is 3.18. The third-order valence-corrected chi connectivity index (χ3v) is 3.70. The zero-order valence-corrected chi connectivity index (χ0v) is 13.1. The van der Waals surface area contributed by atoms with Crippen LogP contribution >= 0.6 is 11.5 Å². The first-order valence-electron chi connectivity index (χ1n) is 7.04. The minimum absolute atomic E-state index is 0.729. The second kappa shape index (κ2) is 7.15. The summed E-state index contributed by atoms with van der Waals surface area (Å²) < 4.78 is 11.3. The van der Waals surface area contributed by atoms with Crippen LogP contribution in [0.2, 0.25) is 0 Å². The highest BCUT2D eigenvalue weighted by atomic mass is 32.1. The summed E-state index contributed by atoms with van der Waals surface area (Å²) >= 11 is 1.33. The Labute approximate surface area is 132 Å². The molecule has 0 aliphatic carbocycles. The van der Waals surface area contributed by atoms with Crippen molar-refractivity contribution in [3.63, 3.8) is 0 Å². The van der Waals surface area contributed by atoms with E-state index in [0.29, 0.717) is 0 Å².